The zero-order chi connectivity index (χ0) is 22.8. The normalized spacial score (nSPS) is 33.2. The van der Waals surface area contributed by atoms with Crippen molar-refractivity contribution >= 4 is 11.8 Å². The first kappa shape index (κ1) is 23.1. The molecule has 0 radical (unpaired) electrons. The molecule has 0 amide bonds. The Bertz CT molecular complexity index is 852. The van der Waals surface area contributed by atoms with Crippen LogP contribution in [0.15, 0.2) is 30.4 Å². The minimum absolute atomic E-state index is 0.0142. The van der Waals surface area contributed by atoms with E-state index in [1.165, 1.54) is 24.3 Å². The summed E-state index contributed by atoms with van der Waals surface area (Å²) in [6, 6.07) is 4.07. The summed E-state index contributed by atoms with van der Waals surface area (Å²) in [5, 5.41) is 59.6. The lowest BCUT2D eigenvalue weighted by molar-refractivity contribution is -0.277. The lowest BCUT2D eigenvalue weighted by Crippen LogP contribution is -2.60. The Morgan fingerprint density at radius 2 is 1.94 bits per heavy atom. The second-order valence-corrected chi connectivity index (χ2v) is 7.29. The van der Waals surface area contributed by atoms with Gasteiger partial charge in [0.15, 0.2) is 17.3 Å². The average Bonchev–Trinajstić information content (AvgIpc) is 2.76. The van der Waals surface area contributed by atoms with Crippen molar-refractivity contribution < 1.29 is 54.4 Å². The minimum atomic E-state index is -2.40. The van der Waals surface area contributed by atoms with E-state index in [4.69, 9.17) is 14.2 Å². The summed E-state index contributed by atoms with van der Waals surface area (Å²) in [5.74, 6) is -2.58. The lowest BCUT2D eigenvalue weighted by atomic mass is 9.90. The molecule has 1 aromatic rings. The van der Waals surface area contributed by atoms with Gasteiger partial charge in [0.1, 0.15) is 31.0 Å². The van der Waals surface area contributed by atoms with E-state index in [2.05, 4.69) is 0 Å². The van der Waals surface area contributed by atoms with Gasteiger partial charge in [-0.05, 0) is 18.6 Å². The van der Waals surface area contributed by atoms with Crippen LogP contribution in [0.3, 0.4) is 0 Å². The van der Waals surface area contributed by atoms with E-state index < -0.39 is 67.0 Å². The first-order valence-electron chi connectivity index (χ1n) is 9.57. The van der Waals surface area contributed by atoms with Crippen molar-refractivity contribution in [1.82, 2.24) is 0 Å². The van der Waals surface area contributed by atoms with E-state index in [0.717, 1.165) is 6.08 Å². The van der Waals surface area contributed by atoms with Crippen LogP contribution in [0.4, 0.5) is 0 Å². The van der Waals surface area contributed by atoms with Crippen LogP contribution < -0.4 is 4.74 Å². The second kappa shape index (κ2) is 9.30. The maximum atomic E-state index is 12.3. The predicted molar refractivity (Wildman–Crippen MR) is 101 cm³/mol. The van der Waals surface area contributed by atoms with E-state index >= 15 is 0 Å². The van der Waals surface area contributed by atoms with Crippen LogP contribution in [0.5, 0.6) is 11.5 Å². The molecule has 0 bridgehead atoms. The number of ketones is 1. The third kappa shape index (κ3) is 4.56. The van der Waals surface area contributed by atoms with Crippen molar-refractivity contribution in [3.05, 3.63) is 35.9 Å². The number of carbonyl (C=O) groups is 2. The van der Waals surface area contributed by atoms with Gasteiger partial charge in [-0.1, -0.05) is 18.2 Å². The molecule has 1 saturated heterocycles. The molecule has 0 aromatic heterocycles. The van der Waals surface area contributed by atoms with E-state index in [-0.39, 0.29) is 17.7 Å². The molecule has 170 valence electrons. The number of esters is 1. The van der Waals surface area contributed by atoms with Crippen LogP contribution in [0.1, 0.15) is 18.4 Å². The molecule has 2 aliphatic rings. The highest BCUT2D eigenvalue weighted by molar-refractivity contribution is 6.09. The summed E-state index contributed by atoms with van der Waals surface area (Å²) in [6.45, 7) is -1.18. The number of Topliss-reactive ketones (excluding diaryl/α,β-unsaturated/α-hetero) is 1. The molecule has 1 heterocycles. The molecule has 11 nitrogen and oxygen atoms in total. The van der Waals surface area contributed by atoms with Crippen LogP contribution in [0.25, 0.3) is 0 Å². The average molecular weight is 440 g/mol. The lowest BCUT2D eigenvalue weighted by Gasteiger charge is -2.39. The third-order valence-corrected chi connectivity index (χ3v) is 5.15. The molecule has 1 fully saturated rings. The second-order valence-electron chi connectivity index (χ2n) is 7.29. The van der Waals surface area contributed by atoms with Gasteiger partial charge in [-0.2, -0.15) is 0 Å². The molecule has 1 aliphatic heterocycles. The SMILES string of the molecule is O=C1CCC=CC1(O)C(=O)OCc1cccc(O)c1O[C@@H]1O[C@H](CO)[C@@H](O)[C@H](O)[C@H]1O. The number of aliphatic hydroxyl groups excluding tert-OH is 4. The highest BCUT2D eigenvalue weighted by atomic mass is 16.7. The van der Waals surface area contributed by atoms with Gasteiger partial charge in [-0.15, -0.1) is 0 Å². The van der Waals surface area contributed by atoms with Gasteiger partial charge in [0, 0.05) is 12.0 Å². The van der Waals surface area contributed by atoms with Crippen molar-refractivity contribution in [2.45, 2.75) is 55.8 Å². The fourth-order valence-corrected chi connectivity index (χ4v) is 3.29. The zero-order valence-corrected chi connectivity index (χ0v) is 16.3. The number of aliphatic hydroxyl groups is 5. The third-order valence-electron chi connectivity index (χ3n) is 5.15. The van der Waals surface area contributed by atoms with Crippen LogP contribution in [-0.2, 0) is 25.7 Å². The molecule has 11 heteroatoms. The summed E-state index contributed by atoms with van der Waals surface area (Å²) in [6.07, 6.45) is -4.87. The summed E-state index contributed by atoms with van der Waals surface area (Å²) in [7, 11) is 0. The number of phenolic OH excluding ortho intramolecular Hbond substituents is 1. The molecule has 31 heavy (non-hydrogen) atoms. The maximum absolute atomic E-state index is 12.3. The first-order chi connectivity index (χ1) is 14.7. The van der Waals surface area contributed by atoms with Crippen molar-refractivity contribution in [1.29, 1.82) is 0 Å². The highest BCUT2D eigenvalue weighted by Crippen LogP contribution is 2.34. The van der Waals surface area contributed by atoms with Crippen molar-refractivity contribution in [2.24, 2.45) is 0 Å². The zero-order valence-electron chi connectivity index (χ0n) is 16.3. The topological polar surface area (TPSA) is 183 Å². The number of hydrogen-bond acceptors (Lipinski definition) is 11. The molecule has 1 aliphatic carbocycles. The number of rotatable bonds is 6. The smallest absolute Gasteiger partial charge is 0.350 e. The number of carbonyl (C=O) groups excluding carboxylic acids is 2. The van der Waals surface area contributed by atoms with Crippen LogP contribution >= 0.6 is 0 Å². The summed E-state index contributed by atoms with van der Waals surface area (Å²) < 4.78 is 15.8. The maximum Gasteiger partial charge on any atom is 0.350 e. The fourth-order valence-electron chi connectivity index (χ4n) is 3.29. The summed E-state index contributed by atoms with van der Waals surface area (Å²) in [5.41, 5.74) is -2.30. The molecule has 0 spiro atoms. The van der Waals surface area contributed by atoms with Gasteiger partial charge in [-0.25, -0.2) is 4.79 Å². The van der Waals surface area contributed by atoms with Crippen LogP contribution in [0.2, 0.25) is 0 Å². The first-order valence-corrected chi connectivity index (χ1v) is 9.57. The highest BCUT2D eigenvalue weighted by Gasteiger charge is 2.46. The van der Waals surface area contributed by atoms with Gasteiger partial charge in [0.2, 0.25) is 11.9 Å². The monoisotopic (exact) mass is 440 g/mol. The molecular formula is C20H24O11. The Morgan fingerprint density at radius 3 is 2.61 bits per heavy atom. The predicted octanol–water partition coefficient (Wildman–Crippen LogP) is -1.74. The van der Waals surface area contributed by atoms with E-state index in [0.29, 0.717) is 6.42 Å². The Morgan fingerprint density at radius 1 is 1.19 bits per heavy atom. The van der Waals surface area contributed by atoms with Gasteiger partial charge in [0.05, 0.1) is 6.61 Å². The van der Waals surface area contributed by atoms with Gasteiger partial charge in [-0.3, -0.25) is 4.79 Å². The van der Waals surface area contributed by atoms with Crippen LogP contribution in [-0.4, -0.2) is 85.3 Å². The molecule has 3 rings (SSSR count). The fraction of sp³-hybridized carbons (Fsp3) is 0.500. The Balaban J connectivity index is 1.76. The quantitative estimate of drug-likeness (QED) is 0.168. The number of aromatic hydroxyl groups is 1. The van der Waals surface area contributed by atoms with Crippen molar-refractivity contribution in [3.63, 3.8) is 0 Å². The Hall–Kier alpha value is -2.54. The molecular weight excluding hydrogens is 416 g/mol. The van der Waals surface area contributed by atoms with E-state index in [9.17, 15) is 40.2 Å². The van der Waals surface area contributed by atoms with Gasteiger partial charge < -0.3 is 44.8 Å². The summed E-state index contributed by atoms with van der Waals surface area (Å²) >= 11 is 0. The number of benzene rings is 1. The molecule has 6 atom stereocenters. The molecule has 1 unspecified atom stereocenters. The van der Waals surface area contributed by atoms with Crippen molar-refractivity contribution in [3.8, 4) is 11.5 Å². The van der Waals surface area contributed by atoms with Crippen LogP contribution in [0, 0.1) is 0 Å². The minimum Gasteiger partial charge on any atom is -0.504 e. The standard InChI is InChI=1S/C20H24O11/c21-8-12-14(24)15(25)16(26)18(30-12)31-17-10(4-3-5-11(17)22)9-29-19(27)20(28)7-2-1-6-13(20)23/h2-5,7,12,14-16,18,21-22,24-26,28H,1,6,8-9H2/t12-,14-,15+,16-,18+,20?/m1/s1. The molecule has 1 aromatic carbocycles. The Kier molecular flexibility index (Phi) is 6.94. The van der Waals surface area contributed by atoms with Gasteiger partial charge in [0.25, 0.3) is 0 Å². The van der Waals surface area contributed by atoms with Gasteiger partial charge >= 0.3 is 5.97 Å². The van der Waals surface area contributed by atoms with Crippen molar-refractivity contribution in [2.75, 3.05) is 6.61 Å². The number of phenols is 1. The van der Waals surface area contributed by atoms with E-state index in [1.807, 2.05) is 0 Å². The van der Waals surface area contributed by atoms with E-state index in [1.54, 1.807) is 0 Å². The number of ether oxygens (including phenoxy) is 3. The number of para-hydroxylation sites is 1. The molecule has 0 saturated carbocycles. The number of allylic oxidation sites excluding steroid dienone is 1. The Labute approximate surface area is 176 Å². The largest absolute Gasteiger partial charge is 0.504 e. The number of hydrogen-bond donors (Lipinski definition) is 6. The molecule has 6 N–H and O–H groups in total. The summed E-state index contributed by atoms with van der Waals surface area (Å²) in [4.78, 5) is 24.2.